The second-order valence-corrected chi connectivity index (χ2v) is 6.49. The van der Waals surface area contributed by atoms with Crippen molar-refractivity contribution in [2.75, 3.05) is 20.1 Å². The Hall–Kier alpha value is -2.90. The van der Waals surface area contributed by atoms with E-state index in [0.29, 0.717) is 24.3 Å². The molecule has 1 heterocycles. The Kier molecular flexibility index (Phi) is 5.74. The Balaban J connectivity index is 1.92. The molecule has 8 heteroatoms. The zero-order valence-corrected chi connectivity index (χ0v) is 14.9. The van der Waals surface area contributed by atoms with Crippen LogP contribution in [-0.2, 0) is 4.74 Å². The van der Waals surface area contributed by atoms with E-state index in [1.165, 1.54) is 9.70 Å². The number of hydrogen-bond donors (Lipinski definition) is 1. The molecular formula is C17H23N5O3. The second-order valence-electron chi connectivity index (χ2n) is 6.49. The number of ether oxygens (including phenoxy) is 1. The van der Waals surface area contributed by atoms with Crippen LogP contribution in [0.25, 0.3) is 5.69 Å². The summed E-state index contributed by atoms with van der Waals surface area (Å²) in [7, 11) is 1.63. The van der Waals surface area contributed by atoms with Crippen LogP contribution in [0.15, 0.2) is 36.7 Å². The van der Waals surface area contributed by atoms with Crippen LogP contribution in [0, 0.1) is 0 Å². The molecule has 0 bridgehead atoms. The van der Waals surface area contributed by atoms with E-state index in [2.05, 4.69) is 15.5 Å². The lowest BCUT2D eigenvalue weighted by Gasteiger charge is -2.24. The lowest BCUT2D eigenvalue weighted by atomic mass is 10.1. The number of amides is 2. The highest BCUT2D eigenvalue weighted by atomic mass is 16.6. The molecule has 1 aromatic carbocycles. The van der Waals surface area contributed by atoms with Crippen LogP contribution in [0.4, 0.5) is 4.79 Å². The van der Waals surface area contributed by atoms with Gasteiger partial charge in [0.25, 0.3) is 5.91 Å². The maximum Gasteiger partial charge on any atom is 0.410 e. The zero-order chi connectivity index (χ0) is 18.4. The van der Waals surface area contributed by atoms with Gasteiger partial charge in [0.1, 0.15) is 5.60 Å². The highest BCUT2D eigenvalue weighted by Gasteiger charge is 2.19. The first-order valence-electron chi connectivity index (χ1n) is 7.96. The molecule has 2 rings (SSSR count). The molecule has 0 aliphatic heterocycles. The van der Waals surface area contributed by atoms with Crippen molar-refractivity contribution in [1.82, 2.24) is 25.2 Å². The van der Waals surface area contributed by atoms with E-state index >= 15 is 0 Å². The summed E-state index contributed by atoms with van der Waals surface area (Å²) in [6.45, 7) is 6.06. The van der Waals surface area contributed by atoms with Gasteiger partial charge in [-0.25, -0.2) is 4.79 Å². The summed E-state index contributed by atoms with van der Waals surface area (Å²) in [5.74, 6) is -0.259. The third-order valence-corrected chi connectivity index (χ3v) is 3.22. The molecule has 134 valence electrons. The molecule has 2 aromatic rings. The maximum atomic E-state index is 12.4. The van der Waals surface area contributed by atoms with Gasteiger partial charge in [-0.2, -0.15) is 15.0 Å². The molecule has 0 saturated carbocycles. The normalized spacial score (nSPS) is 11.0. The fourth-order valence-corrected chi connectivity index (χ4v) is 2.04. The van der Waals surface area contributed by atoms with Gasteiger partial charge >= 0.3 is 6.09 Å². The topological polar surface area (TPSA) is 89.4 Å². The first-order chi connectivity index (χ1) is 11.8. The van der Waals surface area contributed by atoms with Gasteiger partial charge in [0, 0.05) is 20.1 Å². The van der Waals surface area contributed by atoms with Crippen molar-refractivity contribution in [3.63, 3.8) is 0 Å². The lowest BCUT2D eigenvalue weighted by molar-refractivity contribution is 0.0299. The summed E-state index contributed by atoms with van der Waals surface area (Å²) >= 11 is 0. The van der Waals surface area contributed by atoms with Gasteiger partial charge in [-0.3, -0.25) is 4.79 Å². The van der Waals surface area contributed by atoms with Crippen LogP contribution in [-0.4, -0.2) is 57.6 Å². The predicted octanol–water partition coefficient (Wildman–Crippen LogP) is 1.86. The lowest BCUT2D eigenvalue weighted by Crippen LogP contribution is -2.39. The van der Waals surface area contributed by atoms with Gasteiger partial charge in [-0.05, 0) is 32.9 Å². The van der Waals surface area contributed by atoms with E-state index in [9.17, 15) is 9.59 Å². The van der Waals surface area contributed by atoms with Crippen LogP contribution in [0.3, 0.4) is 0 Å². The zero-order valence-electron chi connectivity index (χ0n) is 14.9. The van der Waals surface area contributed by atoms with Gasteiger partial charge in [-0.15, -0.1) is 0 Å². The van der Waals surface area contributed by atoms with Crippen molar-refractivity contribution in [3.8, 4) is 5.69 Å². The van der Waals surface area contributed by atoms with Crippen molar-refractivity contribution in [3.05, 3.63) is 42.2 Å². The van der Waals surface area contributed by atoms with E-state index in [-0.39, 0.29) is 5.91 Å². The second kappa shape index (κ2) is 7.78. The molecular weight excluding hydrogens is 322 g/mol. The quantitative estimate of drug-likeness (QED) is 0.893. The van der Waals surface area contributed by atoms with Crippen LogP contribution < -0.4 is 5.32 Å². The summed E-state index contributed by atoms with van der Waals surface area (Å²) in [4.78, 5) is 27.1. The van der Waals surface area contributed by atoms with E-state index in [1.807, 2.05) is 6.07 Å². The average Bonchev–Trinajstić information content (AvgIpc) is 3.07. The summed E-state index contributed by atoms with van der Waals surface area (Å²) in [5, 5.41) is 10.9. The monoisotopic (exact) mass is 345 g/mol. The van der Waals surface area contributed by atoms with Gasteiger partial charge in [0.15, 0.2) is 0 Å². The molecule has 0 aliphatic carbocycles. The minimum absolute atomic E-state index is 0.259. The Morgan fingerprint density at radius 2 is 1.84 bits per heavy atom. The predicted molar refractivity (Wildman–Crippen MR) is 92.6 cm³/mol. The van der Waals surface area contributed by atoms with E-state index in [1.54, 1.807) is 58.4 Å². The molecule has 0 fully saturated rings. The van der Waals surface area contributed by atoms with Crippen LogP contribution in [0.2, 0.25) is 0 Å². The number of nitrogens with zero attached hydrogens (tertiary/aromatic N) is 4. The largest absolute Gasteiger partial charge is 0.444 e. The summed E-state index contributed by atoms with van der Waals surface area (Å²) in [6.07, 6.45) is 2.66. The number of carbonyl (C=O) groups excluding carboxylic acids is 2. The molecule has 0 unspecified atom stereocenters. The number of carbonyl (C=O) groups is 2. The van der Waals surface area contributed by atoms with Crippen molar-refractivity contribution < 1.29 is 14.3 Å². The van der Waals surface area contributed by atoms with E-state index < -0.39 is 11.7 Å². The van der Waals surface area contributed by atoms with Gasteiger partial charge < -0.3 is 15.0 Å². The number of para-hydroxylation sites is 1. The molecule has 2 amide bonds. The first kappa shape index (κ1) is 18.4. The number of benzene rings is 1. The SMILES string of the molecule is CN(CCNC(=O)c1ccccc1-n1nccn1)C(=O)OC(C)(C)C. The molecule has 25 heavy (non-hydrogen) atoms. The summed E-state index contributed by atoms with van der Waals surface area (Å²) in [5.41, 5.74) is 0.494. The number of likely N-dealkylation sites (N-methyl/N-ethyl adjacent to an activating group) is 1. The van der Waals surface area contributed by atoms with Gasteiger partial charge in [0.2, 0.25) is 0 Å². The number of nitrogens with one attached hydrogen (secondary N) is 1. The Bertz CT molecular complexity index is 722. The molecule has 0 radical (unpaired) electrons. The van der Waals surface area contributed by atoms with Crippen molar-refractivity contribution in [1.29, 1.82) is 0 Å². The Morgan fingerprint density at radius 1 is 1.20 bits per heavy atom. The fourth-order valence-electron chi connectivity index (χ4n) is 2.04. The molecule has 1 aromatic heterocycles. The Labute approximate surface area is 146 Å². The summed E-state index contributed by atoms with van der Waals surface area (Å²) < 4.78 is 5.26. The van der Waals surface area contributed by atoms with Crippen molar-refractivity contribution in [2.24, 2.45) is 0 Å². The minimum atomic E-state index is -0.551. The highest BCUT2D eigenvalue weighted by Crippen LogP contribution is 2.12. The van der Waals surface area contributed by atoms with Crippen LogP contribution in [0.5, 0.6) is 0 Å². The van der Waals surface area contributed by atoms with E-state index in [4.69, 9.17) is 4.74 Å². The third kappa shape index (κ3) is 5.30. The number of rotatable bonds is 5. The molecule has 1 N–H and O–H groups in total. The molecule has 0 atom stereocenters. The molecule has 0 spiro atoms. The molecule has 0 saturated heterocycles. The third-order valence-electron chi connectivity index (χ3n) is 3.22. The molecule has 0 aliphatic rings. The van der Waals surface area contributed by atoms with Crippen LogP contribution in [0.1, 0.15) is 31.1 Å². The molecule has 8 nitrogen and oxygen atoms in total. The van der Waals surface area contributed by atoms with Crippen molar-refractivity contribution in [2.45, 2.75) is 26.4 Å². The highest BCUT2D eigenvalue weighted by molar-refractivity contribution is 5.97. The smallest absolute Gasteiger partial charge is 0.410 e. The average molecular weight is 345 g/mol. The summed E-state index contributed by atoms with van der Waals surface area (Å²) in [6, 6.07) is 7.05. The van der Waals surface area contributed by atoms with Crippen molar-refractivity contribution >= 4 is 12.0 Å². The van der Waals surface area contributed by atoms with Crippen LogP contribution >= 0.6 is 0 Å². The Morgan fingerprint density at radius 3 is 2.48 bits per heavy atom. The minimum Gasteiger partial charge on any atom is -0.444 e. The maximum absolute atomic E-state index is 12.4. The van der Waals surface area contributed by atoms with E-state index in [0.717, 1.165) is 0 Å². The fraction of sp³-hybridized carbons (Fsp3) is 0.412. The van der Waals surface area contributed by atoms with Gasteiger partial charge in [-0.1, -0.05) is 12.1 Å². The number of hydrogen-bond acceptors (Lipinski definition) is 5. The number of aromatic nitrogens is 3. The first-order valence-corrected chi connectivity index (χ1v) is 7.96. The standard InChI is InChI=1S/C17H23N5O3/c1-17(2,3)25-16(24)21(4)12-11-18-15(23)13-7-5-6-8-14(13)22-19-9-10-20-22/h5-10H,11-12H2,1-4H3,(H,18,23). The van der Waals surface area contributed by atoms with Gasteiger partial charge in [0.05, 0.1) is 23.6 Å².